The predicted molar refractivity (Wildman–Crippen MR) is 157 cm³/mol. The lowest BCUT2D eigenvalue weighted by atomic mass is 10.1. The van der Waals surface area contributed by atoms with Crippen molar-refractivity contribution < 1.29 is 18.0 Å². The minimum atomic E-state index is -4.11. The summed E-state index contributed by atoms with van der Waals surface area (Å²) in [5.41, 5.74) is 2.72. The number of nitrogens with zero attached hydrogens (tertiary/aromatic N) is 2. The Morgan fingerprint density at radius 3 is 2.15 bits per heavy atom. The van der Waals surface area contributed by atoms with E-state index in [1.165, 1.54) is 17.0 Å². The summed E-state index contributed by atoms with van der Waals surface area (Å²) < 4.78 is 28.8. The molecule has 0 bridgehead atoms. The molecule has 208 valence electrons. The van der Waals surface area contributed by atoms with Crippen LogP contribution in [0, 0.1) is 13.8 Å². The van der Waals surface area contributed by atoms with Crippen LogP contribution in [-0.4, -0.2) is 44.3 Å². The molecule has 1 N–H and O–H groups in total. The van der Waals surface area contributed by atoms with Crippen molar-refractivity contribution in [1.82, 2.24) is 10.2 Å². The van der Waals surface area contributed by atoms with Crippen LogP contribution in [0.25, 0.3) is 0 Å². The Bertz CT molecular complexity index is 1410. The molecular formula is C29H33Cl2N3O4S. The maximum absolute atomic E-state index is 13.9. The molecule has 0 fully saturated rings. The van der Waals surface area contributed by atoms with E-state index in [0.717, 1.165) is 21.9 Å². The Balaban J connectivity index is 2.05. The first kappa shape index (κ1) is 30.5. The van der Waals surface area contributed by atoms with E-state index in [2.05, 4.69) is 5.32 Å². The fourth-order valence-corrected chi connectivity index (χ4v) is 5.90. The van der Waals surface area contributed by atoms with E-state index >= 15 is 0 Å². The molecule has 7 nitrogen and oxygen atoms in total. The number of hydrogen-bond acceptors (Lipinski definition) is 4. The minimum absolute atomic E-state index is 0.0303. The highest BCUT2D eigenvalue weighted by Crippen LogP contribution is 2.27. The predicted octanol–water partition coefficient (Wildman–Crippen LogP) is 5.75. The highest BCUT2D eigenvalue weighted by atomic mass is 35.5. The summed E-state index contributed by atoms with van der Waals surface area (Å²) >= 11 is 12.3. The molecule has 1 atom stereocenters. The van der Waals surface area contributed by atoms with Gasteiger partial charge in [-0.05, 0) is 80.3 Å². The second-order valence-corrected chi connectivity index (χ2v) is 12.1. The van der Waals surface area contributed by atoms with Crippen molar-refractivity contribution in [1.29, 1.82) is 0 Å². The maximum Gasteiger partial charge on any atom is 0.264 e. The molecule has 0 saturated carbocycles. The summed E-state index contributed by atoms with van der Waals surface area (Å²) in [5.74, 6) is -0.881. The number of anilines is 1. The molecule has 1 unspecified atom stereocenters. The van der Waals surface area contributed by atoms with Gasteiger partial charge in [-0.3, -0.25) is 13.9 Å². The van der Waals surface area contributed by atoms with E-state index in [1.807, 2.05) is 26.8 Å². The van der Waals surface area contributed by atoms with Crippen LogP contribution in [0.5, 0.6) is 0 Å². The second kappa shape index (κ2) is 13.3. The number of hydrogen-bond donors (Lipinski definition) is 1. The van der Waals surface area contributed by atoms with Gasteiger partial charge in [-0.2, -0.15) is 0 Å². The summed E-state index contributed by atoms with van der Waals surface area (Å²) in [4.78, 5) is 28.3. The van der Waals surface area contributed by atoms with Crippen molar-refractivity contribution in [3.05, 3.63) is 93.5 Å². The van der Waals surface area contributed by atoms with Crippen molar-refractivity contribution in [2.24, 2.45) is 0 Å². The molecule has 3 aromatic carbocycles. The van der Waals surface area contributed by atoms with Crippen molar-refractivity contribution >= 4 is 50.7 Å². The van der Waals surface area contributed by atoms with E-state index in [0.29, 0.717) is 27.8 Å². The smallest absolute Gasteiger partial charge is 0.264 e. The molecule has 39 heavy (non-hydrogen) atoms. The zero-order valence-corrected chi connectivity index (χ0v) is 24.8. The molecular weight excluding hydrogens is 557 g/mol. The number of rotatable bonds is 11. The summed E-state index contributed by atoms with van der Waals surface area (Å²) in [7, 11) is -4.11. The molecule has 0 saturated heterocycles. The molecule has 0 aliphatic carbocycles. The third-order valence-electron chi connectivity index (χ3n) is 6.16. The van der Waals surface area contributed by atoms with Crippen molar-refractivity contribution in [2.45, 2.75) is 51.6 Å². The Labute approximate surface area is 240 Å². The lowest BCUT2D eigenvalue weighted by Gasteiger charge is -2.32. The van der Waals surface area contributed by atoms with Crippen LogP contribution < -0.4 is 9.62 Å². The van der Waals surface area contributed by atoms with E-state index in [4.69, 9.17) is 23.2 Å². The maximum atomic E-state index is 13.9. The van der Waals surface area contributed by atoms with Crippen LogP contribution in [0.3, 0.4) is 0 Å². The lowest BCUT2D eigenvalue weighted by Crippen LogP contribution is -2.51. The number of carbonyl (C=O) groups excluding carboxylic acids is 2. The number of benzene rings is 3. The van der Waals surface area contributed by atoms with E-state index in [-0.39, 0.29) is 17.3 Å². The van der Waals surface area contributed by atoms with Gasteiger partial charge in [0.2, 0.25) is 11.8 Å². The fourth-order valence-electron chi connectivity index (χ4n) is 4.16. The molecule has 0 aromatic heterocycles. The van der Waals surface area contributed by atoms with E-state index in [1.54, 1.807) is 55.5 Å². The average molecular weight is 591 g/mol. The van der Waals surface area contributed by atoms with Gasteiger partial charge in [-0.15, -0.1) is 0 Å². The quantitative estimate of drug-likeness (QED) is 0.308. The summed E-state index contributed by atoms with van der Waals surface area (Å²) in [5, 5.41) is 3.49. The Kier molecular flexibility index (Phi) is 10.4. The number of nitrogens with one attached hydrogen (secondary N) is 1. The second-order valence-electron chi connectivity index (χ2n) is 9.41. The molecule has 10 heteroatoms. The van der Waals surface area contributed by atoms with E-state index < -0.39 is 28.5 Å². The number of carbonyl (C=O) groups is 2. The zero-order chi connectivity index (χ0) is 28.7. The first-order chi connectivity index (χ1) is 18.4. The zero-order valence-electron chi connectivity index (χ0n) is 22.4. The van der Waals surface area contributed by atoms with Crippen molar-refractivity contribution in [2.75, 3.05) is 17.4 Å². The SMILES string of the molecule is CCCNC(=O)C(C)N(Cc1ccc(Cl)c(Cl)c1)C(=O)CN(c1cc(C)cc(C)c1)S(=O)(=O)c1ccccc1. The van der Waals surface area contributed by atoms with Gasteiger partial charge in [0.05, 0.1) is 20.6 Å². The number of aryl methyl sites for hydroxylation is 2. The largest absolute Gasteiger partial charge is 0.354 e. The van der Waals surface area contributed by atoms with Crippen molar-refractivity contribution in [3.63, 3.8) is 0 Å². The molecule has 0 radical (unpaired) electrons. The van der Waals surface area contributed by atoms with Crippen molar-refractivity contribution in [3.8, 4) is 0 Å². The van der Waals surface area contributed by atoms with Crippen LogP contribution in [0.1, 0.15) is 37.0 Å². The molecule has 3 aromatic rings. The van der Waals surface area contributed by atoms with Crippen LogP contribution >= 0.6 is 23.2 Å². The molecule has 0 heterocycles. The normalized spacial score (nSPS) is 12.1. The standard InChI is InChI=1S/C29H33Cl2N3O4S/c1-5-13-32-29(36)22(4)33(18-23-11-12-26(30)27(31)17-23)28(35)19-34(24-15-20(2)14-21(3)16-24)39(37,38)25-9-7-6-8-10-25/h6-12,14-17,22H,5,13,18-19H2,1-4H3,(H,32,36). The van der Waals surface area contributed by atoms with Gasteiger partial charge in [0.1, 0.15) is 12.6 Å². The van der Waals surface area contributed by atoms with Gasteiger partial charge in [0.15, 0.2) is 0 Å². The highest BCUT2D eigenvalue weighted by molar-refractivity contribution is 7.92. The number of amides is 2. The fraction of sp³-hybridized carbons (Fsp3) is 0.310. The average Bonchev–Trinajstić information content (AvgIpc) is 2.90. The number of halogens is 2. The molecule has 2 amide bonds. The molecule has 3 rings (SSSR count). The van der Waals surface area contributed by atoms with Gasteiger partial charge >= 0.3 is 0 Å². The summed E-state index contributed by atoms with van der Waals surface area (Å²) in [6.45, 7) is 7.25. The van der Waals surface area contributed by atoms with Gasteiger partial charge in [-0.1, -0.05) is 60.5 Å². The topological polar surface area (TPSA) is 86.8 Å². The molecule has 0 aliphatic heterocycles. The Hall–Kier alpha value is -3.07. The Morgan fingerprint density at radius 1 is 0.923 bits per heavy atom. The van der Waals surface area contributed by atoms with Crippen LogP contribution in [-0.2, 0) is 26.2 Å². The molecule has 0 aliphatic rings. The first-order valence-electron chi connectivity index (χ1n) is 12.6. The lowest BCUT2D eigenvalue weighted by molar-refractivity contribution is -0.139. The van der Waals surface area contributed by atoms with E-state index in [9.17, 15) is 18.0 Å². The van der Waals surface area contributed by atoms with Gasteiger partial charge < -0.3 is 10.2 Å². The van der Waals surface area contributed by atoms with Gasteiger partial charge in [0.25, 0.3) is 10.0 Å². The van der Waals surface area contributed by atoms with Crippen LogP contribution in [0.15, 0.2) is 71.6 Å². The van der Waals surface area contributed by atoms with Crippen LogP contribution in [0.4, 0.5) is 5.69 Å². The monoisotopic (exact) mass is 589 g/mol. The number of sulfonamides is 1. The third kappa shape index (κ3) is 7.75. The summed E-state index contributed by atoms with van der Waals surface area (Å²) in [6, 6.07) is 17.4. The van der Waals surface area contributed by atoms with Crippen LogP contribution in [0.2, 0.25) is 10.0 Å². The Morgan fingerprint density at radius 2 is 1.56 bits per heavy atom. The van der Waals surface area contributed by atoms with Gasteiger partial charge in [0, 0.05) is 13.1 Å². The minimum Gasteiger partial charge on any atom is -0.354 e. The first-order valence-corrected chi connectivity index (χ1v) is 14.8. The summed E-state index contributed by atoms with van der Waals surface area (Å²) in [6.07, 6.45) is 0.731. The highest BCUT2D eigenvalue weighted by Gasteiger charge is 2.32. The van der Waals surface area contributed by atoms with Gasteiger partial charge in [-0.25, -0.2) is 8.42 Å². The molecule has 0 spiro atoms. The third-order valence-corrected chi connectivity index (χ3v) is 8.69.